The second-order valence-corrected chi connectivity index (χ2v) is 8.25. The van der Waals surface area contributed by atoms with Crippen molar-refractivity contribution >= 4 is 5.91 Å². The molecule has 1 atom stereocenters. The van der Waals surface area contributed by atoms with Crippen LogP contribution in [0.25, 0.3) is 22.6 Å². The maximum atomic E-state index is 13.0. The van der Waals surface area contributed by atoms with Gasteiger partial charge >= 0.3 is 0 Å². The number of amides is 1. The van der Waals surface area contributed by atoms with Gasteiger partial charge in [0.05, 0.1) is 12.1 Å². The van der Waals surface area contributed by atoms with E-state index in [9.17, 15) is 4.79 Å². The Hall–Kier alpha value is -4.00. The van der Waals surface area contributed by atoms with E-state index >= 15 is 0 Å². The molecule has 1 amide bonds. The van der Waals surface area contributed by atoms with Gasteiger partial charge in [-0.05, 0) is 38.5 Å². The minimum Gasteiger partial charge on any atom is -0.487 e. The number of nitrogens with one attached hydrogen (secondary N) is 1. The molecule has 2 aromatic carbocycles. The summed E-state index contributed by atoms with van der Waals surface area (Å²) in [6.45, 7) is 6.01. The fourth-order valence-corrected chi connectivity index (χ4v) is 4.20. The summed E-state index contributed by atoms with van der Waals surface area (Å²) in [6, 6.07) is 17.5. The number of aryl methyl sites for hydroxylation is 3. The molecule has 3 heterocycles. The topological polar surface area (TPSA) is 90.1 Å². The molecule has 1 aliphatic heterocycles. The van der Waals surface area contributed by atoms with E-state index < -0.39 is 0 Å². The number of rotatable bonds is 5. The average Bonchev–Trinajstić information content (AvgIpc) is 3.40. The Bertz CT molecular complexity index is 1310. The molecule has 4 aromatic rings. The molecule has 7 nitrogen and oxygen atoms in total. The number of hydrogen-bond acceptors (Lipinski definition) is 6. The van der Waals surface area contributed by atoms with Crippen LogP contribution in [0.3, 0.4) is 0 Å². The fourth-order valence-electron chi connectivity index (χ4n) is 4.20. The van der Waals surface area contributed by atoms with Gasteiger partial charge in [-0.3, -0.25) is 4.79 Å². The lowest BCUT2D eigenvalue weighted by Crippen LogP contribution is -2.34. The molecule has 33 heavy (non-hydrogen) atoms. The van der Waals surface area contributed by atoms with Crippen LogP contribution in [0.4, 0.5) is 0 Å². The zero-order valence-electron chi connectivity index (χ0n) is 18.8. The average molecular weight is 441 g/mol. The van der Waals surface area contributed by atoms with Crippen molar-refractivity contribution in [1.29, 1.82) is 0 Å². The largest absolute Gasteiger partial charge is 0.487 e. The molecule has 166 valence electrons. The first kappa shape index (κ1) is 20.9. The number of nitrogens with zero attached hydrogens (tertiary/aromatic N) is 3. The Balaban J connectivity index is 1.32. The summed E-state index contributed by atoms with van der Waals surface area (Å²) in [5.74, 6) is 1.69. The number of hydrogen-bond donors (Lipinski definition) is 1. The standard InChI is InChI=1S/C26H24N4O3/c1-15-12-16(2)29-25(28-15)21-11-7-10-19-13-20(32-24(19)21)14-27-26(31)22-17(3)33-30-23(22)18-8-5-4-6-9-18/h4-12,20H,13-14H2,1-3H3,(H,27,31). The molecule has 1 unspecified atom stereocenters. The molecular weight excluding hydrogens is 416 g/mol. The van der Waals surface area contributed by atoms with Gasteiger partial charge in [0.1, 0.15) is 28.9 Å². The first-order valence-corrected chi connectivity index (χ1v) is 10.9. The normalized spacial score (nSPS) is 14.6. The van der Waals surface area contributed by atoms with Gasteiger partial charge in [-0.25, -0.2) is 9.97 Å². The van der Waals surface area contributed by atoms with Gasteiger partial charge in [0, 0.05) is 23.4 Å². The van der Waals surface area contributed by atoms with Crippen LogP contribution in [0, 0.1) is 20.8 Å². The molecule has 1 aliphatic rings. The lowest BCUT2D eigenvalue weighted by molar-refractivity contribution is 0.0932. The number of aromatic nitrogens is 3. The number of fused-ring (bicyclic) bond motifs is 1. The fraction of sp³-hybridized carbons (Fsp3) is 0.231. The maximum Gasteiger partial charge on any atom is 0.257 e. The van der Waals surface area contributed by atoms with Crippen molar-refractivity contribution in [3.05, 3.63) is 82.9 Å². The first-order chi connectivity index (χ1) is 16.0. The Morgan fingerprint density at radius 3 is 2.55 bits per heavy atom. The van der Waals surface area contributed by atoms with E-state index in [1.54, 1.807) is 6.92 Å². The van der Waals surface area contributed by atoms with Crippen LogP contribution >= 0.6 is 0 Å². The molecule has 1 N–H and O–H groups in total. The lowest BCUT2D eigenvalue weighted by atomic mass is 10.0. The van der Waals surface area contributed by atoms with Crippen LogP contribution in [0.1, 0.15) is 33.1 Å². The number of para-hydroxylation sites is 1. The van der Waals surface area contributed by atoms with E-state index in [0.29, 0.717) is 35.8 Å². The molecule has 5 rings (SSSR count). The predicted octanol–water partition coefficient (Wildman–Crippen LogP) is 4.46. The smallest absolute Gasteiger partial charge is 0.257 e. The van der Waals surface area contributed by atoms with E-state index in [0.717, 1.165) is 33.8 Å². The molecule has 0 aliphatic carbocycles. The van der Waals surface area contributed by atoms with Gasteiger partial charge < -0.3 is 14.6 Å². The summed E-state index contributed by atoms with van der Waals surface area (Å²) in [5, 5.41) is 7.09. The van der Waals surface area contributed by atoms with Crippen LogP contribution in [-0.2, 0) is 6.42 Å². The van der Waals surface area contributed by atoms with Crippen LogP contribution in [0.2, 0.25) is 0 Å². The Morgan fingerprint density at radius 1 is 1.03 bits per heavy atom. The van der Waals surface area contributed by atoms with Crippen molar-refractivity contribution in [2.75, 3.05) is 6.54 Å². The molecule has 0 radical (unpaired) electrons. The second-order valence-electron chi connectivity index (χ2n) is 8.25. The SMILES string of the molecule is Cc1cc(C)nc(-c2cccc3c2OC(CNC(=O)c2c(-c4ccccc4)noc2C)C3)n1. The van der Waals surface area contributed by atoms with Crippen LogP contribution in [0.5, 0.6) is 5.75 Å². The molecule has 0 saturated carbocycles. The third kappa shape index (κ3) is 4.09. The maximum absolute atomic E-state index is 13.0. The molecule has 7 heteroatoms. The third-order valence-electron chi connectivity index (χ3n) is 5.68. The molecule has 0 saturated heterocycles. The summed E-state index contributed by atoms with van der Waals surface area (Å²) < 4.78 is 11.6. The van der Waals surface area contributed by atoms with Gasteiger partial charge in [0.25, 0.3) is 5.91 Å². The first-order valence-electron chi connectivity index (χ1n) is 10.9. The highest BCUT2D eigenvalue weighted by atomic mass is 16.5. The molecular formula is C26H24N4O3. The Labute approximate surface area is 191 Å². The summed E-state index contributed by atoms with van der Waals surface area (Å²) in [4.78, 5) is 22.2. The van der Waals surface area contributed by atoms with Crippen molar-refractivity contribution < 1.29 is 14.1 Å². The van der Waals surface area contributed by atoms with Crippen molar-refractivity contribution in [2.45, 2.75) is 33.3 Å². The minimum atomic E-state index is -0.231. The number of ether oxygens (including phenoxy) is 1. The van der Waals surface area contributed by atoms with Gasteiger partial charge in [0.15, 0.2) is 5.82 Å². The predicted molar refractivity (Wildman–Crippen MR) is 124 cm³/mol. The highest BCUT2D eigenvalue weighted by molar-refractivity contribution is 6.00. The highest BCUT2D eigenvalue weighted by Crippen LogP contribution is 2.37. The number of carbonyl (C=O) groups is 1. The van der Waals surface area contributed by atoms with Crippen molar-refractivity contribution in [3.63, 3.8) is 0 Å². The number of benzene rings is 2. The van der Waals surface area contributed by atoms with E-state index in [-0.39, 0.29) is 12.0 Å². The molecule has 0 spiro atoms. The second kappa shape index (κ2) is 8.50. The molecule has 2 aromatic heterocycles. The van der Waals surface area contributed by atoms with Crippen molar-refractivity contribution in [3.8, 4) is 28.4 Å². The van der Waals surface area contributed by atoms with Crippen LogP contribution in [0.15, 0.2) is 59.1 Å². The van der Waals surface area contributed by atoms with Gasteiger partial charge in [0.2, 0.25) is 0 Å². The van der Waals surface area contributed by atoms with Crippen LogP contribution < -0.4 is 10.1 Å². The molecule has 0 fully saturated rings. The highest BCUT2D eigenvalue weighted by Gasteiger charge is 2.28. The Morgan fingerprint density at radius 2 is 1.79 bits per heavy atom. The summed E-state index contributed by atoms with van der Waals surface area (Å²) in [5.41, 5.74) is 5.60. The van der Waals surface area contributed by atoms with Gasteiger partial charge in [-0.15, -0.1) is 0 Å². The van der Waals surface area contributed by atoms with Gasteiger partial charge in [-0.2, -0.15) is 0 Å². The summed E-state index contributed by atoms with van der Waals surface area (Å²) in [7, 11) is 0. The van der Waals surface area contributed by atoms with E-state index in [1.165, 1.54) is 0 Å². The summed E-state index contributed by atoms with van der Waals surface area (Å²) >= 11 is 0. The molecule has 0 bridgehead atoms. The Kier molecular flexibility index (Phi) is 5.38. The van der Waals surface area contributed by atoms with E-state index in [4.69, 9.17) is 9.26 Å². The zero-order valence-corrected chi connectivity index (χ0v) is 18.8. The lowest BCUT2D eigenvalue weighted by Gasteiger charge is -2.13. The van der Waals surface area contributed by atoms with E-state index in [2.05, 4.69) is 20.4 Å². The zero-order chi connectivity index (χ0) is 22.9. The third-order valence-corrected chi connectivity index (χ3v) is 5.68. The van der Waals surface area contributed by atoms with E-state index in [1.807, 2.05) is 68.4 Å². The van der Waals surface area contributed by atoms with Gasteiger partial charge in [-0.1, -0.05) is 47.6 Å². The summed E-state index contributed by atoms with van der Waals surface area (Å²) in [6.07, 6.45) is 0.513. The minimum absolute atomic E-state index is 0.184. The van der Waals surface area contributed by atoms with Crippen LogP contribution in [-0.4, -0.2) is 33.7 Å². The monoisotopic (exact) mass is 440 g/mol. The van der Waals surface area contributed by atoms with Crippen molar-refractivity contribution in [2.24, 2.45) is 0 Å². The quantitative estimate of drug-likeness (QED) is 0.493. The number of carbonyl (C=O) groups excluding carboxylic acids is 1. The van der Waals surface area contributed by atoms with Crippen molar-refractivity contribution in [1.82, 2.24) is 20.4 Å².